The van der Waals surface area contributed by atoms with Gasteiger partial charge in [0.15, 0.2) is 0 Å². The first-order valence-corrected chi connectivity index (χ1v) is 9.84. The molecule has 4 rings (SSSR count). The lowest BCUT2D eigenvalue weighted by atomic mass is 10.00. The highest BCUT2D eigenvalue weighted by Crippen LogP contribution is 2.24. The van der Waals surface area contributed by atoms with Gasteiger partial charge in [0, 0.05) is 23.7 Å². The van der Waals surface area contributed by atoms with E-state index in [2.05, 4.69) is 63.8 Å². The van der Waals surface area contributed by atoms with Crippen LogP contribution in [0, 0.1) is 6.92 Å². The molecule has 2 heterocycles. The molecule has 0 aliphatic rings. The molecule has 1 N–H and O–H groups in total. The molecule has 0 aliphatic heterocycles. The minimum atomic E-state index is 0.0228. The summed E-state index contributed by atoms with van der Waals surface area (Å²) >= 11 is 0. The number of hydrogen-bond donors (Lipinski definition) is 1. The van der Waals surface area contributed by atoms with E-state index in [1.54, 1.807) is 12.4 Å². The Morgan fingerprint density at radius 1 is 0.966 bits per heavy atom. The van der Waals surface area contributed by atoms with Crippen LogP contribution in [0.4, 0.5) is 5.69 Å². The summed E-state index contributed by atoms with van der Waals surface area (Å²) in [6, 6.07) is 22.8. The topological polar surface area (TPSA) is 54.9 Å². The number of aromatic nitrogens is 2. The van der Waals surface area contributed by atoms with Gasteiger partial charge in [0.25, 0.3) is 0 Å². The molecule has 144 valence electrons. The van der Waals surface area contributed by atoms with Crippen molar-refractivity contribution in [1.82, 2.24) is 9.97 Å². The van der Waals surface area contributed by atoms with Crippen molar-refractivity contribution in [3.8, 4) is 11.1 Å². The largest absolute Gasteiger partial charge is 0.325 e. The van der Waals surface area contributed by atoms with Crippen LogP contribution in [0.25, 0.3) is 22.0 Å². The first-order chi connectivity index (χ1) is 14.2. The second-order valence-electron chi connectivity index (χ2n) is 7.20. The molecular formula is C25H23N3O. The predicted molar refractivity (Wildman–Crippen MR) is 118 cm³/mol. The molecule has 1 amide bonds. The van der Waals surface area contributed by atoms with Crippen LogP contribution in [-0.2, 0) is 11.2 Å². The van der Waals surface area contributed by atoms with Crippen LogP contribution >= 0.6 is 0 Å². The quantitative estimate of drug-likeness (QED) is 0.475. The third-order valence-corrected chi connectivity index (χ3v) is 4.93. The maximum absolute atomic E-state index is 12.0. The van der Waals surface area contributed by atoms with Gasteiger partial charge in [-0.3, -0.25) is 14.8 Å². The van der Waals surface area contributed by atoms with E-state index < -0.39 is 0 Å². The SMILES string of the molecule is Cc1ccc2cc(-c3ccc(CCCC(=O)Nc4cccnc4)cc3)ccc2n1. The average Bonchev–Trinajstić information content (AvgIpc) is 2.74. The Bertz CT molecular complexity index is 1120. The van der Waals surface area contributed by atoms with Crippen LogP contribution in [0.5, 0.6) is 0 Å². The van der Waals surface area contributed by atoms with Crippen LogP contribution in [-0.4, -0.2) is 15.9 Å². The van der Waals surface area contributed by atoms with Crippen LogP contribution in [0.3, 0.4) is 0 Å². The van der Waals surface area contributed by atoms with Crippen molar-refractivity contribution in [1.29, 1.82) is 0 Å². The lowest BCUT2D eigenvalue weighted by Gasteiger charge is -2.07. The van der Waals surface area contributed by atoms with Crippen molar-refractivity contribution >= 4 is 22.5 Å². The number of fused-ring (bicyclic) bond motifs is 1. The van der Waals surface area contributed by atoms with Gasteiger partial charge in [-0.1, -0.05) is 36.4 Å². The zero-order valence-electron chi connectivity index (χ0n) is 16.4. The number of nitrogens with zero attached hydrogens (tertiary/aromatic N) is 2. The Labute approximate surface area is 170 Å². The molecule has 0 bridgehead atoms. The summed E-state index contributed by atoms with van der Waals surface area (Å²) in [4.78, 5) is 20.6. The fourth-order valence-electron chi connectivity index (χ4n) is 3.38. The summed E-state index contributed by atoms with van der Waals surface area (Å²) in [5.74, 6) is 0.0228. The summed E-state index contributed by atoms with van der Waals surface area (Å²) in [5, 5.41) is 4.02. The molecule has 0 spiro atoms. The van der Waals surface area contributed by atoms with Crippen LogP contribution < -0.4 is 5.32 Å². The van der Waals surface area contributed by atoms with E-state index in [1.165, 1.54) is 16.7 Å². The summed E-state index contributed by atoms with van der Waals surface area (Å²) in [5.41, 5.74) is 6.40. The maximum atomic E-state index is 12.0. The van der Waals surface area contributed by atoms with Crippen molar-refractivity contribution in [2.45, 2.75) is 26.2 Å². The smallest absolute Gasteiger partial charge is 0.224 e. The number of nitrogens with one attached hydrogen (secondary N) is 1. The van der Waals surface area contributed by atoms with Gasteiger partial charge in [-0.2, -0.15) is 0 Å². The molecule has 4 heteroatoms. The van der Waals surface area contributed by atoms with E-state index in [0.717, 1.165) is 35.1 Å². The normalized spacial score (nSPS) is 10.8. The minimum Gasteiger partial charge on any atom is -0.325 e. The van der Waals surface area contributed by atoms with Crippen molar-refractivity contribution in [3.05, 3.63) is 90.4 Å². The minimum absolute atomic E-state index is 0.0228. The van der Waals surface area contributed by atoms with Gasteiger partial charge in [-0.05, 0) is 66.8 Å². The Morgan fingerprint density at radius 3 is 2.59 bits per heavy atom. The molecule has 29 heavy (non-hydrogen) atoms. The fourth-order valence-corrected chi connectivity index (χ4v) is 3.38. The third kappa shape index (κ3) is 4.85. The second-order valence-corrected chi connectivity index (χ2v) is 7.20. The van der Waals surface area contributed by atoms with E-state index >= 15 is 0 Å². The van der Waals surface area contributed by atoms with E-state index in [1.807, 2.05) is 25.1 Å². The number of pyridine rings is 2. The highest BCUT2D eigenvalue weighted by molar-refractivity contribution is 5.90. The second kappa shape index (κ2) is 8.65. The van der Waals surface area contributed by atoms with Gasteiger partial charge in [0.05, 0.1) is 17.4 Å². The molecule has 0 atom stereocenters. The van der Waals surface area contributed by atoms with Crippen molar-refractivity contribution in [2.75, 3.05) is 5.32 Å². The Kier molecular flexibility index (Phi) is 5.61. The first kappa shape index (κ1) is 18.8. The highest BCUT2D eigenvalue weighted by atomic mass is 16.1. The van der Waals surface area contributed by atoms with Crippen molar-refractivity contribution in [3.63, 3.8) is 0 Å². The summed E-state index contributed by atoms with van der Waals surface area (Å²) in [6.07, 6.45) is 5.53. The standard InChI is InChI=1S/C25H23N3O/c1-18-7-10-22-16-21(13-14-24(22)27-18)20-11-8-19(9-12-20)4-2-6-25(29)28-23-5-3-15-26-17-23/h3,5,7-17H,2,4,6H2,1H3,(H,28,29). The molecule has 0 fully saturated rings. The first-order valence-electron chi connectivity index (χ1n) is 9.84. The molecule has 0 radical (unpaired) electrons. The van der Waals surface area contributed by atoms with Crippen molar-refractivity contribution in [2.24, 2.45) is 0 Å². The molecule has 2 aromatic carbocycles. The number of benzene rings is 2. The summed E-state index contributed by atoms with van der Waals surface area (Å²) in [6.45, 7) is 2.01. The molecule has 0 aliphatic carbocycles. The Morgan fingerprint density at radius 2 is 1.79 bits per heavy atom. The zero-order valence-corrected chi connectivity index (χ0v) is 16.4. The lowest BCUT2D eigenvalue weighted by molar-refractivity contribution is -0.116. The number of rotatable bonds is 6. The number of aryl methyl sites for hydroxylation is 2. The third-order valence-electron chi connectivity index (χ3n) is 4.93. The van der Waals surface area contributed by atoms with Crippen LogP contribution in [0.2, 0.25) is 0 Å². The van der Waals surface area contributed by atoms with E-state index in [4.69, 9.17) is 0 Å². The van der Waals surface area contributed by atoms with Gasteiger partial charge in [0.2, 0.25) is 5.91 Å². The van der Waals surface area contributed by atoms with Crippen LogP contribution in [0.1, 0.15) is 24.1 Å². The molecular weight excluding hydrogens is 358 g/mol. The van der Waals surface area contributed by atoms with Gasteiger partial charge in [-0.25, -0.2) is 0 Å². The molecule has 4 nitrogen and oxygen atoms in total. The monoisotopic (exact) mass is 381 g/mol. The molecule has 4 aromatic rings. The molecule has 0 saturated heterocycles. The molecule has 0 saturated carbocycles. The van der Waals surface area contributed by atoms with Gasteiger partial charge in [0.1, 0.15) is 0 Å². The average molecular weight is 381 g/mol. The molecule has 0 unspecified atom stereocenters. The maximum Gasteiger partial charge on any atom is 0.224 e. The fraction of sp³-hybridized carbons (Fsp3) is 0.160. The Balaban J connectivity index is 1.34. The van der Waals surface area contributed by atoms with Crippen molar-refractivity contribution < 1.29 is 4.79 Å². The Hall–Kier alpha value is -3.53. The van der Waals surface area contributed by atoms with E-state index in [0.29, 0.717) is 6.42 Å². The summed E-state index contributed by atoms with van der Waals surface area (Å²) in [7, 11) is 0. The van der Waals surface area contributed by atoms with Gasteiger partial charge >= 0.3 is 0 Å². The van der Waals surface area contributed by atoms with Gasteiger partial charge in [-0.15, -0.1) is 0 Å². The van der Waals surface area contributed by atoms with E-state index in [-0.39, 0.29) is 5.91 Å². The zero-order chi connectivity index (χ0) is 20.1. The van der Waals surface area contributed by atoms with Gasteiger partial charge < -0.3 is 5.32 Å². The van der Waals surface area contributed by atoms with E-state index in [9.17, 15) is 4.79 Å². The number of anilines is 1. The van der Waals surface area contributed by atoms with Crippen LogP contribution in [0.15, 0.2) is 79.1 Å². The number of carbonyl (C=O) groups excluding carboxylic acids is 1. The predicted octanol–water partition coefficient (Wildman–Crippen LogP) is 5.57. The number of amides is 1. The number of carbonyl (C=O) groups is 1. The summed E-state index contributed by atoms with van der Waals surface area (Å²) < 4.78 is 0. The molecule has 2 aromatic heterocycles. The lowest BCUT2D eigenvalue weighted by Crippen LogP contribution is -2.11. The highest BCUT2D eigenvalue weighted by Gasteiger charge is 2.04. The number of hydrogen-bond acceptors (Lipinski definition) is 3.